The number of halogens is 2. The molecule has 0 aliphatic carbocycles. The zero-order valence-corrected chi connectivity index (χ0v) is 17.0. The maximum absolute atomic E-state index is 11.9. The first-order valence-corrected chi connectivity index (χ1v) is 9.35. The minimum Gasteiger partial charge on any atom is -0.484 e. The van der Waals surface area contributed by atoms with E-state index in [1.165, 1.54) is 0 Å². The molecular formula is C21H19Cl2N3O2. The normalized spacial score (nSPS) is 11.0. The van der Waals surface area contributed by atoms with Crippen LogP contribution in [-0.2, 0) is 4.79 Å². The monoisotopic (exact) mass is 415 g/mol. The molecule has 0 saturated carbocycles. The predicted molar refractivity (Wildman–Crippen MR) is 113 cm³/mol. The van der Waals surface area contributed by atoms with Crippen LogP contribution in [0.2, 0.25) is 10.0 Å². The molecule has 3 rings (SSSR count). The number of para-hydroxylation sites is 1. The number of nitrogens with one attached hydrogen (secondary N) is 1. The third-order valence-electron chi connectivity index (χ3n) is 4.08. The molecule has 0 saturated heterocycles. The Labute approximate surface area is 173 Å². The van der Waals surface area contributed by atoms with Crippen molar-refractivity contribution in [3.05, 3.63) is 81.6 Å². The number of benzene rings is 2. The van der Waals surface area contributed by atoms with E-state index in [0.717, 1.165) is 22.6 Å². The van der Waals surface area contributed by atoms with Crippen LogP contribution in [0.1, 0.15) is 17.0 Å². The predicted octanol–water partition coefficient (Wildman–Crippen LogP) is 4.93. The molecule has 2 aromatic carbocycles. The van der Waals surface area contributed by atoms with E-state index in [9.17, 15) is 4.79 Å². The lowest BCUT2D eigenvalue weighted by Gasteiger charge is -2.10. The Kier molecular flexibility index (Phi) is 6.39. The summed E-state index contributed by atoms with van der Waals surface area (Å²) < 4.78 is 7.41. The molecule has 0 unspecified atom stereocenters. The number of hydrogen-bond acceptors (Lipinski definition) is 3. The fraction of sp³-hybridized carbons (Fsp3) is 0.143. The molecule has 0 atom stereocenters. The van der Waals surface area contributed by atoms with Crippen molar-refractivity contribution in [3.63, 3.8) is 0 Å². The maximum Gasteiger partial charge on any atom is 0.277 e. The number of hydrazone groups is 1. The smallest absolute Gasteiger partial charge is 0.277 e. The molecule has 144 valence electrons. The van der Waals surface area contributed by atoms with Crippen LogP contribution in [0.3, 0.4) is 0 Å². The summed E-state index contributed by atoms with van der Waals surface area (Å²) in [7, 11) is 0. The average molecular weight is 416 g/mol. The van der Waals surface area contributed by atoms with E-state index < -0.39 is 0 Å². The summed E-state index contributed by atoms with van der Waals surface area (Å²) in [6, 6.07) is 16.5. The van der Waals surface area contributed by atoms with Gasteiger partial charge in [0.1, 0.15) is 5.75 Å². The van der Waals surface area contributed by atoms with Crippen molar-refractivity contribution >= 4 is 35.3 Å². The quantitative estimate of drug-likeness (QED) is 0.458. The van der Waals surface area contributed by atoms with E-state index in [-0.39, 0.29) is 12.5 Å². The SMILES string of the molecule is Cc1cc(/C=N/NC(=O)COc2ccccc2)c(C)n1-c1cc(Cl)cc(Cl)c1. The molecule has 0 aliphatic rings. The van der Waals surface area contributed by atoms with Gasteiger partial charge in [0.25, 0.3) is 5.91 Å². The third kappa shape index (κ3) is 4.94. The first-order valence-electron chi connectivity index (χ1n) is 8.59. The summed E-state index contributed by atoms with van der Waals surface area (Å²) >= 11 is 12.2. The number of rotatable bonds is 6. The van der Waals surface area contributed by atoms with Gasteiger partial charge in [-0.15, -0.1) is 0 Å². The van der Waals surface area contributed by atoms with Gasteiger partial charge in [-0.2, -0.15) is 5.10 Å². The molecule has 0 bridgehead atoms. The van der Waals surface area contributed by atoms with Crippen LogP contribution in [0.4, 0.5) is 0 Å². The Morgan fingerprint density at radius 3 is 2.46 bits per heavy atom. The fourth-order valence-electron chi connectivity index (χ4n) is 2.86. The first-order chi connectivity index (χ1) is 13.4. The van der Waals surface area contributed by atoms with Crippen molar-refractivity contribution < 1.29 is 9.53 Å². The van der Waals surface area contributed by atoms with Gasteiger partial charge in [-0.05, 0) is 50.2 Å². The largest absolute Gasteiger partial charge is 0.484 e. The lowest BCUT2D eigenvalue weighted by molar-refractivity contribution is -0.123. The van der Waals surface area contributed by atoms with E-state index in [1.807, 2.05) is 54.8 Å². The van der Waals surface area contributed by atoms with Gasteiger partial charge in [-0.1, -0.05) is 41.4 Å². The number of aryl methyl sites for hydroxylation is 1. The maximum atomic E-state index is 11.9. The van der Waals surface area contributed by atoms with E-state index in [0.29, 0.717) is 15.8 Å². The summed E-state index contributed by atoms with van der Waals surface area (Å²) in [5.41, 5.74) is 6.16. The van der Waals surface area contributed by atoms with Gasteiger partial charge in [0, 0.05) is 32.7 Å². The van der Waals surface area contributed by atoms with Gasteiger partial charge >= 0.3 is 0 Å². The Hall–Kier alpha value is -2.76. The van der Waals surface area contributed by atoms with Crippen LogP contribution in [-0.4, -0.2) is 23.3 Å². The lowest BCUT2D eigenvalue weighted by Crippen LogP contribution is -2.24. The van der Waals surface area contributed by atoms with Crippen LogP contribution >= 0.6 is 23.2 Å². The standard InChI is InChI=1S/C21H19Cl2N3O2/c1-14-8-16(15(2)26(14)19-10-17(22)9-18(23)11-19)12-24-25-21(27)13-28-20-6-4-3-5-7-20/h3-12H,13H2,1-2H3,(H,25,27)/b24-12+. The fourth-order valence-corrected chi connectivity index (χ4v) is 3.37. The number of amides is 1. The molecular weight excluding hydrogens is 397 g/mol. The molecule has 0 fully saturated rings. The van der Waals surface area contributed by atoms with Crippen LogP contribution in [0.25, 0.3) is 5.69 Å². The molecule has 0 spiro atoms. The highest BCUT2D eigenvalue weighted by Gasteiger charge is 2.11. The zero-order chi connectivity index (χ0) is 20.1. The van der Waals surface area contributed by atoms with Gasteiger partial charge in [0.05, 0.1) is 6.21 Å². The number of aromatic nitrogens is 1. The third-order valence-corrected chi connectivity index (χ3v) is 4.52. The second-order valence-electron chi connectivity index (χ2n) is 6.18. The molecule has 3 aromatic rings. The van der Waals surface area contributed by atoms with Crippen molar-refractivity contribution in [2.24, 2.45) is 5.10 Å². The topological polar surface area (TPSA) is 55.6 Å². The van der Waals surface area contributed by atoms with Gasteiger partial charge < -0.3 is 9.30 Å². The number of carbonyl (C=O) groups excluding carboxylic acids is 1. The zero-order valence-electron chi connectivity index (χ0n) is 15.4. The Morgan fingerprint density at radius 2 is 1.79 bits per heavy atom. The van der Waals surface area contributed by atoms with Gasteiger partial charge in [0.2, 0.25) is 0 Å². The molecule has 0 aliphatic heterocycles. The van der Waals surface area contributed by atoms with E-state index in [1.54, 1.807) is 24.4 Å². The van der Waals surface area contributed by atoms with Crippen LogP contribution in [0.5, 0.6) is 5.75 Å². The molecule has 1 heterocycles. The molecule has 1 aromatic heterocycles. The van der Waals surface area contributed by atoms with E-state index >= 15 is 0 Å². The van der Waals surface area contributed by atoms with E-state index in [2.05, 4.69) is 10.5 Å². The van der Waals surface area contributed by atoms with Gasteiger partial charge in [-0.3, -0.25) is 4.79 Å². The van der Waals surface area contributed by atoms with Crippen molar-refractivity contribution in [3.8, 4) is 11.4 Å². The summed E-state index contributed by atoms with van der Waals surface area (Å²) in [5.74, 6) is 0.292. The van der Waals surface area contributed by atoms with Crippen molar-refractivity contribution in [2.75, 3.05) is 6.61 Å². The minimum atomic E-state index is -0.337. The molecule has 7 heteroatoms. The molecule has 28 heavy (non-hydrogen) atoms. The van der Waals surface area contributed by atoms with Crippen LogP contribution < -0.4 is 10.2 Å². The number of nitrogens with zero attached hydrogens (tertiary/aromatic N) is 2. The minimum absolute atomic E-state index is 0.110. The van der Waals surface area contributed by atoms with Gasteiger partial charge in [-0.25, -0.2) is 5.43 Å². The average Bonchev–Trinajstić information content (AvgIpc) is 2.93. The molecule has 1 N–H and O–H groups in total. The Balaban J connectivity index is 1.67. The number of ether oxygens (including phenoxy) is 1. The van der Waals surface area contributed by atoms with Crippen LogP contribution in [0.15, 0.2) is 59.7 Å². The van der Waals surface area contributed by atoms with Crippen molar-refractivity contribution in [1.29, 1.82) is 0 Å². The Bertz CT molecular complexity index is 994. The summed E-state index contributed by atoms with van der Waals surface area (Å²) in [6.07, 6.45) is 1.60. The molecule has 0 radical (unpaired) electrons. The lowest BCUT2D eigenvalue weighted by atomic mass is 10.2. The molecule has 5 nitrogen and oxygen atoms in total. The first kappa shape index (κ1) is 20.0. The Morgan fingerprint density at radius 1 is 1.11 bits per heavy atom. The highest BCUT2D eigenvalue weighted by molar-refractivity contribution is 6.34. The van der Waals surface area contributed by atoms with E-state index in [4.69, 9.17) is 27.9 Å². The second kappa shape index (κ2) is 8.95. The number of carbonyl (C=O) groups is 1. The van der Waals surface area contributed by atoms with Crippen molar-refractivity contribution in [1.82, 2.24) is 9.99 Å². The summed E-state index contributed by atoms with van der Waals surface area (Å²) in [6.45, 7) is 3.83. The number of hydrogen-bond donors (Lipinski definition) is 1. The summed E-state index contributed by atoms with van der Waals surface area (Å²) in [5, 5.41) is 5.16. The molecule has 1 amide bonds. The van der Waals surface area contributed by atoms with Crippen LogP contribution in [0, 0.1) is 13.8 Å². The highest BCUT2D eigenvalue weighted by atomic mass is 35.5. The second-order valence-corrected chi connectivity index (χ2v) is 7.06. The van der Waals surface area contributed by atoms with Crippen molar-refractivity contribution in [2.45, 2.75) is 13.8 Å². The van der Waals surface area contributed by atoms with Gasteiger partial charge in [0.15, 0.2) is 6.61 Å². The summed E-state index contributed by atoms with van der Waals surface area (Å²) in [4.78, 5) is 11.9. The highest BCUT2D eigenvalue weighted by Crippen LogP contribution is 2.26.